The van der Waals surface area contributed by atoms with E-state index in [1.807, 2.05) is 0 Å². The van der Waals surface area contributed by atoms with Gasteiger partial charge in [-0.3, -0.25) is 9.59 Å². The maximum Gasteiger partial charge on any atom is 0.291 e. The van der Waals surface area contributed by atoms with Crippen molar-refractivity contribution in [1.29, 1.82) is 0 Å². The summed E-state index contributed by atoms with van der Waals surface area (Å²) in [7, 11) is 0. The average Bonchev–Trinajstić information content (AvgIpc) is 2.83. The second-order valence-corrected chi connectivity index (χ2v) is 3.34. The zero-order valence-corrected chi connectivity index (χ0v) is 8.84. The third-order valence-electron chi connectivity index (χ3n) is 2.19. The number of furan rings is 1. The first-order valence-electron chi connectivity index (χ1n) is 4.92. The molecule has 3 N–H and O–H groups in total. The van der Waals surface area contributed by atoms with Gasteiger partial charge in [0.2, 0.25) is 0 Å². The molecule has 0 aliphatic rings. The summed E-state index contributed by atoms with van der Waals surface area (Å²) in [5.74, 6) is -0.853. The molecule has 5 heteroatoms. The van der Waals surface area contributed by atoms with Gasteiger partial charge in [-0.15, -0.1) is 0 Å². The second kappa shape index (κ2) is 4.52. The molecule has 2 aromatic rings. The van der Waals surface area contributed by atoms with Crippen LogP contribution in [0, 0.1) is 0 Å². The van der Waals surface area contributed by atoms with Crippen LogP contribution in [-0.4, -0.2) is 11.8 Å². The number of carbonyl (C=O) groups excluding carboxylic acids is 2. The lowest BCUT2D eigenvalue weighted by molar-refractivity contribution is 0.0996. The Kier molecular flexibility index (Phi) is 2.91. The van der Waals surface area contributed by atoms with E-state index >= 15 is 0 Å². The second-order valence-electron chi connectivity index (χ2n) is 3.34. The lowest BCUT2D eigenvalue weighted by atomic mass is 10.1. The van der Waals surface area contributed by atoms with Gasteiger partial charge < -0.3 is 15.5 Å². The first-order valence-corrected chi connectivity index (χ1v) is 4.92. The Morgan fingerprint density at radius 2 is 1.88 bits per heavy atom. The van der Waals surface area contributed by atoms with Crippen molar-refractivity contribution in [2.24, 2.45) is 5.73 Å². The van der Waals surface area contributed by atoms with E-state index in [4.69, 9.17) is 10.2 Å². The standard InChI is InChI=1S/C12H10N2O3/c13-11(15)8-4-1-2-5-9(8)14-12(16)10-6-3-7-17-10/h1-7H,(H2,13,15)(H,14,16). The number of carbonyl (C=O) groups is 2. The van der Waals surface area contributed by atoms with E-state index in [0.29, 0.717) is 5.69 Å². The third-order valence-corrected chi connectivity index (χ3v) is 2.19. The molecule has 1 aromatic carbocycles. The Balaban J connectivity index is 2.25. The molecular weight excluding hydrogens is 220 g/mol. The van der Waals surface area contributed by atoms with Gasteiger partial charge in [-0.2, -0.15) is 0 Å². The molecule has 0 saturated heterocycles. The van der Waals surface area contributed by atoms with Crippen molar-refractivity contribution in [3.8, 4) is 0 Å². The highest BCUT2D eigenvalue weighted by Crippen LogP contribution is 2.15. The molecule has 0 unspecified atom stereocenters. The number of amides is 2. The van der Waals surface area contributed by atoms with E-state index < -0.39 is 11.8 Å². The van der Waals surface area contributed by atoms with Crippen LogP contribution in [-0.2, 0) is 0 Å². The first-order chi connectivity index (χ1) is 8.18. The Morgan fingerprint density at radius 3 is 2.53 bits per heavy atom. The van der Waals surface area contributed by atoms with Gasteiger partial charge in [0.25, 0.3) is 11.8 Å². The largest absolute Gasteiger partial charge is 0.459 e. The number of anilines is 1. The van der Waals surface area contributed by atoms with Crippen LogP contribution in [0.2, 0.25) is 0 Å². The lowest BCUT2D eigenvalue weighted by Gasteiger charge is -2.06. The molecule has 2 rings (SSSR count). The van der Waals surface area contributed by atoms with Crippen LogP contribution in [0.3, 0.4) is 0 Å². The molecular formula is C12H10N2O3. The predicted octanol–water partition coefficient (Wildman–Crippen LogP) is 1.63. The topological polar surface area (TPSA) is 85.3 Å². The quantitative estimate of drug-likeness (QED) is 0.840. The Labute approximate surface area is 97.2 Å². The van der Waals surface area contributed by atoms with E-state index in [-0.39, 0.29) is 11.3 Å². The van der Waals surface area contributed by atoms with Gasteiger partial charge in [-0.25, -0.2) is 0 Å². The van der Waals surface area contributed by atoms with Crippen molar-refractivity contribution in [3.63, 3.8) is 0 Å². The highest BCUT2D eigenvalue weighted by molar-refractivity contribution is 6.07. The smallest absolute Gasteiger partial charge is 0.291 e. The molecule has 5 nitrogen and oxygen atoms in total. The molecule has 0 saturated carbocycles. The van der Waals surface area contributed by atoms with Crippen molar-refractivity contribution in [1.82, 2.24) is 0 Å². The van der Waals surface area contributed by atoms with E-state index in [0.717, 1.165) is 0 Å². The number of nitrogens with one attached hydrogen (secondary N) is 1. The van der Waals surface area contributed by atoms with Crippen LogP contribution in [0.5, 0.6) is 0 Å². The number of hydrogen-bond donors (Lipinski definition) is 2. The Hall–Kier alpha value is -2.56. The zero-order chi connectivity index (χ0) is 12.3. The van der Waals surface area contributed by atoms with Crippen LogP contribution in [0.4, 0.5) is 5.69 Å². The minimum atomic E-state index is -0.597. The molecule has 0 radical (unpaired) electrons. The molecule has 0 aliphatic carbocycles. The summed E-state index contributed by atoms with van der Waals surface area (Å²) in [6.45, 7) is 0. The average molecular weight is 230 g/mol. The van der Waals surface area contributed by atoms with Gasteiger partial charge >= 0.3 is 0 Å². The van der Waals surface area contributed by atoms with E-state index in [9.17, 15) is 9.59 Å². The van der Waals surface area contributed by atoms with Crippen molar-refractivity contribution in [2.75, 3.05) is 5.32 Å². The summed E-state index contributed by atoms with van der Waals surface area (Å²) in [6.07, 6.45) is 1.40. The SMILES string of the molecule is NC(=O)c1ccccc1NC(=O)c1ccco1. The third kappa shape index (κ3) is 2.34. The molecule has 0 atom stereocenters. The van der Waals surface area contributed by atoms with E-state index in [1.165, 1.54) is 12.3 Å². The van der Waals surface area contributed by atoms with E-state index in [1.54, 1.807) is 30.3 Å². The normalized spacial score (nSPS) is 9.88. The predicted molar refractivity (Wildman–Crippen MR) is 61.6 cm³/mol. The van der Waals surface area contributed by atoms with Gasteiger partial charge in [0.05, 0.1) is 17.5 Å². The molecule has 1 aromatic heterocycles. The summed E-state index contributed by atoms with van der Waals surface area (Å²) in [5, 5.41) is 2.56. The summed E-state index contributed by atoms with van der Waals surface area (Å²) in [6, 6.07) is 9.64. The van der Waals surface area contributed by atoms with Crippen LogP contribution < -0.4 is 11.1 Å². The highest BCUT2D eigenvalue weighted by atomic mass is 16.3. The molecule has 0 aliphatic heterocycles. The summed E-state index contributed by atoms with van der Waals surface area (Å²) >= 11 is 0. The molecule has 2 amide bonds. The maximum atomic E-state index is 11.7. The van der Waals surface area contributed by atoms with Crippen molar-refractivity contribution in [3.05, 3.63) is 54.0 Å². The minimum absolute atomic E-state index is 0.171. The summed E-state index contributed by atoms with van der Waals surface area (Å²) in [5.41, 5.74) is 5.81. The van der Waals surface area contributed by atoms with Crippen LogP contribution in [0.25, 0.3) is 0 Å². The first kappa shape index (κ1) is 10.9. The van der Waals surface area contributed by atoms with Gasteiger partial charge in [0.15, 0.2) is 5.76 Å². The summed E-state index contributed by atoms with van der Waals surface area (Å²) in [4.78, 5) is 22.8. The monoisotopic (exact) mass is 230 g/mol. The highest BCUT2D eigenvalue weighted by Gasteiger charge is 2.13. The molecule has 1 heterocycles. The number of benzene rings is 1. The fraction of sp³-hybridized carbons (Fsp3) is 0. The minimum Gasteiger partial charge on any atom is -0.459 e. The molecule has 86 valence electrons. The zero-order valence-electron chi connectivity index (χ0n) is 8.84. The van der Waals surface area contributed by atoms with Gasteiger partial charge in [0.1, 0.15) is 0 Å². The number of primary amides is 1. The number of rotatable bonds is 3. The molecule has 0 spiro atoms. The number of nitrogens with two attached hydrogens (primary N) is 1. The Morgan fingerprint density at radius 1 is 1.12 bits per heavy atom. The van der Waals surface area contributed by atoms with Crippen molar-refractivity contribution in [2.45, 2.75) is 0 Å². The van der Waals surface area contributed by atoms with E-state index in [2.05, 4.69) is 5.32 Å². The van der Waals surface area contributed by atoms with Crippen molar-refractivity contribution < 1.29 is 14.0 Å². The maximum absolute atomic E-state index is 11.7. The van der Waals surface area contributed by atoms with Crippen LogP contribution in [0.1, 0.15) is 20.9 Å². The molecule has 0 bridgehead atoms. The van der Waals surface area contributed by atoms with Gasteiger partial charge in [-0.05, 0) is 24.3 Å². The fourth-order valence-electron chi connectivity index (χ4n) is 1.40. The Bertz CT molecular complexity index is 547. The number of hydrogen-bond acceptors (Lipinski definition) is 3. The lowest BCUT2D eigenvalue weighted by Crippen LogP contribution is -2.17. The van der Waals surface area contributed by atoms with Gasteiger partial charge in [-0.1, -0.05) is 12.1 Å². The number of para-hydroxylation sites is 1. The fourth-order valence-corrected chi connectivity index (χ4v) is 1.40. The van der Waals surface area contributed by atoms with Gasteiger partial charge in [0, 0.05) is 0 Å². The van der Waals surface area contributed by atoms with Crippen molar-refractivity contribution >= 4 is 17.5 Å². The van der Waals surface area contributed by atoms with Crippen LogP contribution >= 0.6 is 0 Å². The molecule has 0 fully saturated rings. The van der Waals surface area contributed by atoms with Crippen LogP contribution in [0.15, 0.2) is 47.1 Å². The summed E-state index contributed by atoms with van der Waals surface area (Å²) < 4.78 is 4.94. The molecule has 17 heavy (non-hydrogen) atoms.